The van der Waals surface area contributed by atoms with Crippen molar-refractivity contribution in [2.24, 2.45) is 15.4 Å². The van der Waals surface area contributed by atoms with Gasteiger partial charge in [-0.2, -0.15) is 5.11 Å². The first-order valence-electron chi connectivity index (χ1n) is 8.19. The maximum absolute atomic E-state index is 12.0. The monoisotopic (exact) mass is 314 g/mol. The first kappa shape index (κ1) is 15.6. The van der Waals surface area contributed by atoms with Crippen molar-refractivity contribution >= 4 is 12.3 Å². The van der Waals surface area contributed by atoms with Gasteiger partial charge in [-0.25, -0.2) is 4.79 Å². The van der Waals surface area contributed by atoms with Crippen molar-refractivity contribution in [3.05, 3.63) is 35.9 Å². The number of carbonyl (C=O) groups is 1. The highest BCUT2D eigenvalue weighted by Gasteiger charge is 2.33. The zero-order chi connectivity index (χ0) is 16.0. The summed E-state index contributed by atoms with van der Waals surface area (Å²) in [6, 6.07) is 10.2. The van der Waals surface area contributed by atoms with Crippen molar-refractivity contribution in [1.82, 2.24) is 5.32 Å². The van der Waals surface area contributed by atoms with Gasteiger partial charge in [0.05, 0.1) is 6.21 Å². The molecule has 1 atom stereocenters. The number of carbonyl (C=O) groups excluding carboxylic acids is 1. The average Bonchev–Trinajstić information content (AvgIpc) is 3.04. The molecule has 6 heteroatoms. The molecule has 3 rings (SSSR count). The van der Waals surface area contributed by atoms with E-state index in [9.17, 15) is 4.79 Å². The molecule has 6 nitrogen and oxygen atoms in total. The molecule has 122 valence electrons. The van der Waals surface area contributed by atoms with Gasteiger partial charge in [0.25, 0.3) is 0 Å². The third-order valence-corrected chi connectivity index (χ3v) is 4.33. The summed E-state index contributed by atoms with van der Waals surface area (Å²) < 4.78 is 5.41. The van der Waals surface area contributed by atoms with E-state index in [0.717, 1.165) is 18.4 Å². The minimum Gasteiger partial charge on any atom is -0.446 e. The maximum atomic E-state index is 12.0. The molecule has 2 aliphatic rings. The molecule has 0 aromatic heterocycles. The molecule has 1 amide bonds. The van der Waals surface area contributed by atoms with Crippen LogP contribution in [0.15, 0.2) is 45.8 Å². The van der Waals surface area contributed by atoms with E-state index >= 15 is 0 Å². The Morgan fingerprint density at radius 3 is 2.70 bits per heavy atom. The molecule has 1 heterocycles. The number of rotatable bonds is 5. The summed E-state index contributed by atoms with van der Waals surface area (Å²) >= 11 is 0. The normalized spacial score (nSPS) is 23.8. The minimum atomic E-state index is -0.689. The van der Waals surface area contributed by atoms with Gasteiger partial charge in [0.15, 0.2) is 5.54 Å². The van der Waals surface area contributed by atoms with E-state index in [1.807, 2.05) is 30.3 Å². The highest BCUT2D eigenvalue weighted by atomic mass is 16.5. The zero-order valence-electron chi connectivity index (χ0n) is 13.1. The number of amides is 1. The lowest BCUT2D eigenvalue weighted by molar-refractivity contribution is 0.125. The summed E-state index contributed by atoms with van der Waals surface area (Å²) in [5.41, 5.74) is 0.418. The number of alkyl carbamates (subject to hydrolysis) is 1. The van der Waals surface area contributed by atoms with E-state index in [0.29, 0.717) is 6.42 Å². The summed E-state index contributed by atoms with van der Waals surface area (Å²) in [6.45, 7) is 0.146. The summed E-state index contributed by atoms with van der Waals surface area (Å²) in [4.78, 5) is 12.0. The quantitative estimate of drug-likeness (QED) is 0.903. The van der Waals surface area contributed by atoms with Gasteiger partial charge in [0.2, 0.25) is 0 Å². The number of ether oxygens (including phenoxy) is 1. The van der Waals surface area contributed by atoms with Crippen molar-refractivity contribution in [1.29, 1.82) is 0 Å². The summed E-state index contributed by atoms with van der Waals surface area (Å²) in [6.07, 6.45) is 7.56. The largest absolute Gasteiger partial charge is 0.446 e. The summed E-state index contributed by atoms with van der Waals surface area (Å²) in [5, 5.41) is 14.7. The van der Waals surface area contributed by atoms with Gasteiger partial charge < -0.3 is 10.1 Å². The summed E-state index contributed by atoms with van der Waals surface area (Å²) in [7, 11) is 0. The molecule has 1 aromatic rings. The molecule has 1 aliphatic heterocycles. The fourth-order valence-electron chi connectivity index (χ4n) is 3.07. The van der Waals surface area contributed by atoms with Crippen LogP contribution >= 0.6 is 0 Å². The summed E-state index contributed by atoms with van der Waals surface area (Å²) in [5.74, 6) is 0. The van der Waals surface area contributed by atoms with Gasteiger partial charge in [-0.1, -0.05) is 49.6 Å². The topological polar surface area (TPSA) is 75.4 Å². The lowest BCUT2D eigenvalue weighted by Gasteiger charge is -2.24. The molecular formula is C17H22N4O2. The molecule has 1 fully saturated rings. The fourth-order valence-corrected chi connectivity index (χ4v) is 3.07. The van der Waals surface area contributed by atoms with Crippen LogP contribution in [0.2, 0.25) is 0 Å². The van der Waals surface area contributed by atoms with E-state index in [1.54, 1.807) is 6.21 Å². The molecule has 1 aromatic carbocycles. The molecular weight excluding hydrogens is 292 g/mol. The fraction of sp³-hybridized carbons (Fsp3) is 0.529. The van der Waals surface area contributed by atoms with Gasteiger partial charge in [-0.3, -0.25) is 0 Å². The number of hydrogen-bond donors (Lipinski definition) is 1. The van der Waals surface area contributed by atoms with Crippen LogP contribution in [-0.4, -0.2) is 30.5 Å². The Labute approximate surface area is 136 Å². The standard InChI is InChI=1S/C17H22N4O2/c22-16(19-15-9-5-2-6-10-15)23-13-17(12-18-21-20-17)11-14-7-3-1-4-8-14/h1,3-4,7-8,12,15H,2,5-6,9-11,13H2,(H,19,22). The predicted octanol–water partition coefficient (Wildman–Crippen LogP) is 3.48. The highest BCUT2D eigenvalue weighted by Crippen LogP contribution is 2.22. The van der Waals surface area contributed by atoms with E-state index in [4.69, 9.17) is 4.74 Å². The molecule has 1 N–H and O–H groups in total. The van der Waals surface area contributed by atoms with Crippen LogP contribution < -0.4 is 5.32 Å². The van der Waals surface area contributed by atoms with Crippen LogP contribution in [0.1, 0.15) is 37.7 Å². The number of hydrogen-bond acceptors (Lipinski definition) is 5. The molecule has 0 saturated heterocycles. The third-order valence-electron chi connectivity index (χ3n) is 4.33. The SMILES string of the molecule is O=C(NC1CCCCC1)OCC1(Cc2ccccc2)C=NN=N1. The Hall–Kier alpha value is -2.24. The maximum Gasteiger partial charge on any atom is 0.407 e. The van der Waals surface area contributed by atoms with Crippen molar-refractivity contribution in [3.63, 3.8) is 0 Å². The van der Waals surface area contributed by atoms with E-state index in [-0.39, 0.29) is 18.7 Å². The first-order chi connectivity index (χ1) is 11.3. The minimum absolute atomic E-state index is 0.146. The lowest BCUT2D eigenvalue weighted by atomic mass is 9.94. The van der Waals surface area contributed by atoms with Crippen molar-refractivity contribution in [2.45, 2.75) is 50.1 Å². The van der Waals surface area contributed by atoms with Gasteiger partial charge >= 0.3 is 6.09 Å². The van der Waals surface area contributed by atoms with Crippen LogP contribution in [0.25, 0.3) is 0 Å². The van der Waals surface area contributed by atoms with Crippen LogP contribution in [0.3, 0.4) is 0 Å². The Kier molecular flexibility index (Phi) is 5.00. The molecule has 1 unspecified atom stereocenters. The highest BCUT2D eigenvalue weighted by molar-refractivity contribution is 5.74. The van der Waals surface area contributed by atoms with Gasteiger partial charge in [-0.05, 0) is 23.6 Å². The van der Waals surface area contributed by atoms with Crippen LogP contribution in [0.5, 0.6) is 0 Å². The first-order valence-corrected chi connectivity index (χ1v) is 8.19. The number of nitrogens with zero attached hydrogens (tertiary/aromatic N) is 3. The molecule has 23 heavy (non-hydrogen) atoms. The molecule has 0 spiro atoms. The second-order valence-corrected chi connectivity index (χ2v) is 6.26. The van der Waals surface area contributed by atoms with Crippen LogP contribution in [0, 0.1) is 0 Å². The predicted molar refractivity (Wildman–Crippen MR) is 87.6 cm³/mol. The second-order valence-electron chi connectivity index (χ2n) is 6.26. The zero-order valence-corrected chi connectivity index (χ0v) is 13.1. The third kappa shape index (κ3) is 4.37. The Bertz CT molecular complexity index is 568. The van der Waals surface area contributed by atoms with Crippen LogP contribution in [-0.2, 0) is 11.2 Å². The molecule has 0 bridgehead atoms. The van der Waals surface area contributed by atoms with E-state index < -0.39 is 5.54 Å². The average molecular weight is 314 g/mol. The van der Waals surface area contributed by atoms with Gasteiger partial charge in [0.1, 0.15) is 6.61 Å². The van der Waals surface area contributed by atoms with Crippen LogP contribution in [0.4, 0.5) is 4.79 Å². The van der Waals surface area contributed by atoms with Gasteiger partial charge in [0, 0.05) is 12.5 Å². The number of nitrogens with one attached hydrogen (secondary N) is 1. The Morgan fingerprint density at radius 2 is 2.00 bits per heavy atom. The Balaban J connectivity index is 1.54. The lowest BCUT2D eigenvalue weighted by Crippen LogP contribution is -2.41. The Morgan fingerprint density at radius 1 is 1.22 bits per heavy atom. The van der Waals surface area contributed by atoms with Crippen molar-refractivity contribution < 1.29 is 9.53 Å². The molecule has 1 aliphatic carbocycles. The van der Waals surface area contributed by atoms with Gasteiger partial charge in [-0.15, -0.1) is 5.10 Å². The van der Waals surface area contributed by atoms with E-state index in [2.05, 4.69) is 20.8 Å². The van der Waals surface area contributed by atoms with E-state index in [1.165, 1.54) is 19.3 Å². The van der Waals surface area contributed by atoms with Crippen molar-refractivity contribution in [3.8, 4) is 0 Å². The second kappa shape index (κ2) is 7.35. The molecule has 1 saturated carbocycles. The van der Waals surface area contributed by atoms with Crippen molar-refractivity contribution in [2.75, 3.05) is 6.61 Å². The smallest absolute Gasteiger partial charge is 0.407 e. The number of benzene rings is 1. The molecule has 0 radical (unpaired) electrons.